The maximum absolute atomic E-state index is 6.05. The highest BCUT2D eigenvalue weighted by Crippen LogP contribution is 2.21. The molecule has 2 heteroatoms. The number of rotatable bonds is 0. The van der Waals surface area contributed by atoms with Crippen molar-refractivity contribution in [3.8, 4) is 0 Å². The highest BCUT2D eigenvalue weighted by molar-refractivity contribution is 6.39. The van der Waals surface area contributed by atoms with Gasteiger partial charge in [-0.2, -0.15) is 0 Å². The van der Waals surface area contributed by atoms with Crippen molar-refractivity contribution < 1.29 is 0 Å². The van der Waals surface area contributed by atoms with Crippen molar-refractivity contribution in [2.45, 2.75) is 6.92 Å². The molecule has 0 bridgehead atoms. The van der Waals surface area contributed by atoms with E-state index < -0.39 is 0 Å². The summed E-state index contributed by atoms with van der Waals surface area (Å²) in [6.07, 6.45) is 0. The summed E-state index contributed by atoms with van der Waals surface area (Å²) in [5.74, 6) is 0. The van der Waals surface area contributed by atoms with Crippen LogP contribution in [-0.4, -0.2) is 10.2 Å². The molecule has 0 aromatic heterocycles. The zero-order valence-electron chi connectivity index (χ0n) is 7.76. The predicted molar refractivity (Wildman–Crippen MR) is 63.3 cm³/mol. The second kappa shape index (κ2) is 3.16. The van der Waals surface area contributed by atoms with Gasteiger partial charge < -0.3 is 0 Å². The van der Waals surface area contributed by atoms with Gasteiger partial charge in [0.05, 0.1) is 0 Å². The van der Waals surface area contributed by atoms with Crippen LogP contribution in [0.3, 0.4) is 0 Å². The molecule has 0 saturated carbocycles. The van der Waals surface area contributed by atoms with Gasteiger partial charge in [-0.15, -0.1) is 0 Å². The molecule has 0 aliphatic rings. The van der Waals surface area contributed by atoms with Gasteiger partial charge in [-0.1, -0.05) is 41.1 Å². The van der Waals surface area contributed by atoms with Gasteiger partial charge in [-0.05, 0) is 29.3 Å². The van der Waals surface area contributed by atoms with E-state index in [4.69, 9.17) is 11.6 Å². The maximum Gasteiger partial charge on any atom is 0.0441 e. The molecule has 13 heavy (non-hydrogen) atoms. The van der Waals surface area contributed by atoms with Crippen LogP contribution in [0, 0.1) is 6.92 Å². The second-order valence-electron chi connectivity index (χ2n) is 3.40. The SMILES string of the molecule is Cc1cc2c([SiH3])cccc2cc1Cl. The molecule has 0 unspecified atom stereocenters. The Labute approximate surface area is 86.0 Å². The molecule has 0 saturated heterocycles. The predicted octanol–water partition coefficient (Wildman–Crippen LogP) is 1.79. The summed E-state index contributed by atoms with van der Waals surface area (Å²) in [4.78, 5) is 0. The third-order valence-electron chi connectivity index (χ3n) is 2.38. The van der Waals surface area contributed by atoms with E-state index >= 15 is 0 Å². The van der Waals surface area contributed by atoms with Gasteiger partial charge in [0.15, 0.2) is 0 Å². The molecule has 2 rings (SSSR count). The lowest BCUT2D eigenvalue weighted by Gasteiger charge is -2.04. The van der Waals surface area contributed by atoms with Gasteiger partial charge in [-0.25, -0.2) is 0 Å². The summed E-state index contributed by atoms with van der Waals surface area (Å²) in [5.41, 5.74) is 1.16. The fourth-order valence-corrected chi connectivity index (χ4v) is 2.36. The molecular weight excluding hydrogens is 196 g/mol. The Kier molecular flexibility index (Phi) is 2.14. The Morgan fingerprint density at radius 1 is 1.23 bits per heavy atom. The van der Waals surface area contributed by atoms with E-state index in [9.17, 15) is 0 Å². The van der Waals surface area contributed by atoms with E-state index in [1.807, 2.05) is 6.07 Å². The topological polar surface area (TPSA) is 0 Å². The normalized spacial score (nSPS) is 10.9. The Balaban J connectivity index is 2.89. The lowest BCUT2D eigenvalue weighted by molar-refractivity contribution is 1.51. The Morgan fingerprint density at radius 3 is 2.77 bits per heavy atom. The third-order valence-corrected chi connectivity index (χ3v) is 3.66. The lowest BCUT2D eigenvalue weighted by Crippen LogP contribution is -2.02. The van der Waals surface area contributed by atoms with Crippen LogP contribution in [-0.2, 0) is 0 Å². The highest BCUT2D eigenvalue weighted by atomic mass is 35.5. The first-order valence-electron chi connectivity index (χ1n) is 4.34. The first-order chi connectivity index (χ1) is 6.18. The van der Waals surface area contributed by atoms with Crippen LogP contribution in [0.25, 0.3) is 10.8 Å². The van der Waals surface area contributed by atoms with Crippen molar-refractivity contribution in [3.63, 3.8) is 0 Å². The van der Waals surface area contributed by atoms with Gasteiger partial charge >= 0.3 is 0 Å². The number of aryl methyl sites for hydroxylation is 1. The van der Waals surface area contributed by atoms with Crippen LogP contribution in [0.15, 0.2) is 30.3 Å². The van der Waals surface area contributed by atoms with E-state index in [1.54, 1.807) is 0 Å². The molecule has 0 N–H and O–H groups in total. The molecule has 2 aromatic rings. The van der Waals surface area contributed by atoms with E-state index in [1.165, 1.54) is 16.0 Å². The van der Waals surface area contributed by atoms with Gasteiger partial charge in [0.25, 0.3) is 0 Å². The molecule has 66 valence electrons. The molecule has 0 amide bonds. The Hall–Kier alpha value is -0.793. The molecule has 0 aliphatic carbocycles. The van der Waals surface area contributed by atoms with Crippen LogP contribution in [0.5, 0.6) is 0 Å². The first-order valence-corrected chi connectivity index (χ1v) is 5.72. The first kappa shape index (κ1) is 8.79. The van der Waals surface area contributed by atoms with Crippen LogP contribution >= 0.6 is 11.6 Å². The largest absolute Gasteiger partial charge is 0.0840 e. The third kappa shape index (κ3) is 1.50. The van der Waals surface area contributed by atoms with Crippen molar-refractivity contribution in [2.24, 2.45) is 0 Å². The minimum atomic E-state index is 0.861. The van der Waals surface area contributed by atoms with E-state index in [-0.39, 0.29) is 0 Å². The second-order valence-corrected chi connectivity index (χ2v) is 4.88. The molecule has 0 atom stereocenters. The number of halogens is 1. The summed E-state index contributed by atoms with van der Waals surface area (Å²) in [7, 11) is 1.09. The number of benzene rings is 2. The molecule has 0 aliphatic heterocycles. The van der Waals surface area contributed by atoms with E-state index in [0.29, 0.717) is 0 Å². The van der Waals surface area contributed by atoms with Crippen LogP contribution < -0.4 is 5.19 Å². The fraction of sp³-hybridized carbons (Fsp3) is 0.0909. The highest BCUT2D eigenvalue weighted by Gasteiger charge is 2.00. The van der Waals surface area contributed by atoms with Gasteiger partial charge in [0.2, 0.25) is 0 Å². The quantitative estimate of drug-likeness (QED) is 0.577. The van der Waals surface area contributed by atoms with Gasteiger partial charge in [0, 0.05) is 15.3 Å². The van der Waals surface area contributed by atoms with Crippen molar-refractivity contribution in [3.05, 3.63) is 40.9 Å². The monoisotopic (exact) mass is 206 g/mol. The van der Waals surface area contributed by atoms with Gasteiger partial charge in [0.1, 0.15) is 0 Å². The fourth-order valence-electron chi connectivity index (χ4n) is 1.56. The van der Waals surface area contributed by atoms with E-state index in [0.717, 1.165) is 20.8 Å². The van der Waals surface area contributed by atoms with Crippen molar-refractivity contribution in [1.82, 2.24) is 0 Å². The minimum Gasteiger partial charge on any atom is -0.0840 e. The maximum atomic E-state index is 6.05. The molecule has 0 spiro atoms. The smallest absolute Gasteiger partial charge is 0.0441 e. The van der Waals surface area contributed by atoms with E-state index in [2.05, 4.69) is 31.2 Å². The summed E-state index contributed by atoms with van der Waals surface area (Å²) in [6.45, 7) is 2.05. The minimum absolute atomic E-state index is 0.861. The Morgan fingerprint density at radius 2 is 2.00 bits per heavy atom. The zero-order valence-corrected chi connectivity index (χ0v) is 10.5. The number of fused-ring (bicyclic) bond motifs is 1. The summed E-state index contributed by atoms with van der Waals surface area (Å²) in [6, 6.07) is 10.6. The summed E-state index contributed by atoms with van der Waals surface area (Å²) < 4.78 is 0. The molecule has 0 nitrogen and oxygen atoms in total. The standard InChI is InChI=1S/C11H11ClSi/c1-7-5-9-8(6-10(7)12)3-2-4-11(9)13/h2-6H,1,13H3. The lowest BCUT2D eigenvalue weighted by atomic mass is 10.1. The van der Waals surface area contributed by atoms with Crippen LogP contribution in [0.2, 0.25) is 5.02 Å². The van der Waals surface area contributed by atoms with Crippen LogP contribution in [0.4, 0.5) is 0 Å². The number of hydrogen-bond acceptors (Lipinski definition) is 0. The van der Waals surface area contributed by atoms with Crippen molar-refractivity contribution >= 4 is 37.8 Å². The van der Waals surface area contributed by atoms with Gasteiger partial charge in [-0.3, -0.25) is 0 Å². The molecular formula is C11H11ClSi. The van der Waals surface area contributed by atoms with Crippen LogP contribution in [0.1, 0.15) is 5.56 Å². The zero-order chi connectivity index (χ0) is 9.42. The average molecular weight is 207 g/mol. The average Bonchev–Trinajstić information content (AvgIpc) is 2.09. The summed E-state index contributed by atoms with van der Waals surface area (Å²) >= 11 is 6.05. The van der Waals surface area contributed by atoms with Crippen molar-refractivity contribution in [1.29, 1.82) is 0 Å². The molecule has 0 heterocycles. The van der Waals surface area contributed by atoms with Crippen molar-refractivity contribution in [2.75, 3.05) is 0 Å². The molecule has 0 fully saturated rings. The summed E-state index contributed by atoms with van der Waals surface area (Å²) in [5, 5.41) is 4.91. The Bertz CT molecular complexity index is 463. The molecule has 2 aromatic carbocycles. The molecule has 0 radical (unpaired) electrons. The number of hydrogen-bond donors (Lipinski definition) is 0.